The number of carbonyl (C=O) groups excluding carboxylic acids is 3. The maximum Gasteiger partial charge on any atom is 0.331 e. The molecular formula is C20H26N2O6. The zero-order valence-corrected chi connectivity index (χ0v) is 16.2. The highest BCUT2D eigenvalue weighted by atomic mass is 16.5. The summed E-state index contributed by atoms with van der Waals surface area (Å²) in [5.41, 5.74) is 4.81. The minimum atomic E-state index is -0.943. The summed E-state index contributed by atoms with van der Waals surface area (Å²) in [6.07, 6.45) is 5.84. The molecule has 0 saturated heterocycles. The van der Waals surface area contributed by atoms with E-state index in [1.807, 2.05) is 0 Å². The zero-order valence-electron chi connectivity index (χ0n) is 16.2. The number of nitrogens with two attached hydrogens (primary N) is 1. The number of carbonyl (C=O) groups is 3. The maximum atomic E-state index is 12.4. The molecule has 1 aliphatic carbocycles. The molecule has 2 amide bonds. The summed E-state index contributed by atoms with van der Waals surface area (Å²) >= 11 is 0. The van der Waals surface area contributed by atoms with Crippen LogP contribution in [0.25, 0.3) is 6.08 Å². The van der Waals surface area contributed by atoms with Crippen LogP contribution in [-0.2, 0) is 19.1 Å². The Hall–Kier alpha value is -3.03. The second kappa shape index (κ2) is 9.77. The molecule has 1 aromatic rings. The van der Waals surface area contributed by atoms with Gasteiger partial charge in [0.05, 0.1) is 13.7 Å². The molecule has 0 radical (unpaired) electrons. The van der Waals surface area contributed by atoms with Gasteiger partial charge in [-0.25, -0.2) is 4.79 Å². The highest BCUT2D eigenvalue weighted by Gasteiger charge is 2.43. The molecule has 0 atom stereocenters. The first-order valence-electron chi connectivity index (χ1n) is 9.17. The van der Waals surface area contributed by atoms with Gasteiger partial charge < -0.3 is 25.3 Å². The molecule has 1 saturated carbocycles. The molecule has 28 heavy (non-hydrogen) atoms. The van der Waals surface area contributed by atoms with Crippen LogP contribution in [0.3, 0.4) is 0 Å². The van der Waals surface area contributed by atoms with Gasteiger partial charge in [0.25, 0.3) is 5.91 Å². The van der Waals surface area contributed by atoms with Crippen molar-refractivity contribution in [3.05, 3.63) is 29.8 Å². The highest BCUT2D eigenvalue weighted by molar-refractivity contribution is 5.96. The first-order valence-corrected chi connectivity index (χ1v) is 9.17. The van der Waals surface area contributed by atoms with Crippen molar-refractivity contribution in [2.45, 2.75) is 38.1 Å². The summed E-state index contributed by atoms with van der Waals surface area (Å²) in [5.74, 6) is -0.572. The molecule has 8 nitrogen and oxygen atoms in total. The van der Waals surface area contributed by atoms with Crippen LogP contribution in [0.5, 0.6) is 11.5 Å². The minimum absolute atomic E-state index is 0.260. The predicted octanol–water partition coefficient (Wildman–Crippen LogP) is 1.56. The molecule has 1 fully saturated rings. The van der Waals surface area contributed by atoms with Gasteiger partial charge in [-0.3, -0.25) is 9.59 Å². The van der Waals surface area contributed by atoms with Crippen LogP contribution in [0, 0.1) is 0 Å². The van der Waals surface area contributed by atoms with Crippen molar-refractivity contribution in [3.63, 3.8) is 0 Å². The Morgan fingerprint density at radius 1 is 1.21 bits per heavy atom. The van der Waals surface area contributed by atoms with E-state index in [4.69, 9.17) is 19.9 Å². The third-order valence-corrected chi connectivity index (χ3v) is 4.47. The van der Waals surface area contributed by atoms with E-state index in [0.717, 1.165) is 12.8 Å². The first-order chi connectivity index (χ1) is 13.4. The Bertz CT molecular complexity index is 753. The molecule has 2 rings (SSSR count). The van der Waals surface area contributed by atoms with Gasteiger partial charge in [-0.2, -0.15) is 0 Å². The first kappa shape index (κ1) is 21.3. The topological polar surface area (TPSA) is 117 Å². The van der Waals surface area contributed by atoms with Crippen LogP contribution in [-0.4, -0.2) is 43.6 Å². The SMILES string of the molecule is CCOC(=O)C1(NC(=O)C=Cc2ccc(OCC(N)=O)c(OC)c2)CCCC1. The van der Waals surface area contributed by atoms with Crippen LogP contribution in [0.1, 0.15) is 38.2 Å². The number of nitrogens with one attached hydrogen (secondary N) is 1. The van der Waals surface area contributed by atoms with Gasteiger partial charge in [0.1, 0.15) is 5.54 Å². The average Bonchev–Trinajstić information content (AvgIpc) is 3.14. The smallest absolute Gasteiger partial charge is 0.331 e. The van der Waals surface area contributed by atoms with Gasteiger partial charge in [0.15, 0.2) is 18.1 Å². The molecule has 0 heterocycles. The van der Waals surface area contributed by atoms with Crippen LogP contribution in [0.2, 0.25) is 0 Å². The van der Waals surface area contributed by atoms with Crippen molar-refractivity contribution in [2.75, 3.05) is 20.3 Å². The Morgan fingerprint density at radius 2 is 1.93 bits per heavy atom. The Labute approximate surface area is 164 Å². The molecule has 0 bridgehead atoms. The van der Waals surface area contributed by atoms with E-state index in [0.29, 0.717) is 29.9 Å². The van der Waals surface area contributed by atoms with E-state index in [-0.39, 0.29) is 25.1 Å². The highest BCUT2D eigenvalue weighted by Crippen LogP contribution is 2.31. The van der Waals surface area contributed by atoms with Gasteiger partial charge in [-0.05, 0) is 43.5 Å². The summed E-state index contributed by atoms with van der Waals surface area (Å²) in [5, 5.41) is 2.81. The monoisotopic (exact) mass is 390 g/mol. The standard InChI is InChI=1S/C20H26N2O6/c1-3-27-19(25)20(10-4-5-11-20)22-18(24)9-7-14-6-8-15(16(12-14)26-2)28-13-17(21)23/h6-9,12H,3-5,10-11,13H2,1-2H3,(H2,21,23)(H,22,24). The fraction of sp³-hybridized carbons (Fsp3) is 0.450. The van der Waals surface area contributed by atoms with Crippen molar-refractivity contribution in [1.29, 1.82) is 0 Å². The summed E-state index contributed by atoms with van der Waals surface area (Å²) in [4.78, 5) is 35.5. The van der Waals surface area contributed by atoms with Crippen LogP contribution >= 0.6 is 0 Å². The van der Waals surface area contributed by atoms with Gasteiger partial charge >= 0.3 is 5.97 Å². The van der Waals surface area contributed by atoms with Gasteiger partial charge in [0, 0.05) is 6.08 Å². The van der Waals surface area contributed by atoms with E-state index in [9.17, 15) is 14.4 Å². The summed E-state index contributed by atoms with van der Waals surface area (Å²) < 4.78 is 15.6. The van der Waals surface area contributed by atoms with Crippen molar-refractivity contribution in [1.82, 2.24) is 5.32 Å². The third kappa shape index (κ3) is 5.48. The van der Waals surface area contributed by atoms with Crippen molar-refractivity contribution in [2.24, 2.45) is 5.73 Å². The van der Waals surface area contributed by atoms with E-state index in [1.165, 1.54) is 13.2 Å². The normalized spacial score (nSPS) is 15.2. The minimum Gasteiger partial charge on any atom is -0.493 e. The second-order valence-corrected chi connectivity index (χ2v) is 6.50. The number of hydrogen-bond donors (Lipinski definition) is 2. The lowest BCUT2D eigenvalue weighted by molar-refractivity contribution is -0.152. The fourth-order valence-electron chi connectivity index (χ4n) is 3.13. The molecule has 3 N–H and O–H groups in total. The van der Waals surface area contributed by atoms with E-state index in [2.05, 4.69) is 5.32 Å². The number of ether oxygens (including phenoxy) is 3. The van der Waals surface area contributed by atoms with Crippen LogP contribution in [0.15, 0.2) is 24.3 Å². The Kier molecular flexibility index (Phi) is 7.43. The summed E-state index contributed by atoms with van der Waals surface area (Å²) in [6, 6.07) is 4.99. The van der Waals surface area contributed by atoms with Crippen molar-refractivity contribution >= 4 is 23.9 Å². The number of benzene rings is 1. The number of hydrogen-bond acceptors (Lipinski definition) is 6. The average molecular weight is 390 g/mol. The number of rotatable bonds is 9. The lowest BCUT2D eigenvalue weighted by atomic mass is 9.97. The molecule has 0 aromatic heterocycles. The van der Waals surface area contributed by atoms with Gasteiger partial charge in [-0.15, -0.1) is 0 Å². The van der Waals surface area contributed by atoms with Crippen LogP contribution in [0.4, 0.5) is 0 Å². The predicted molar refractivity (Wildman–Crippen MR) is 103 cm³/mol. The molecular weight excluding hydrogens is 364 g/mol. The lowest BCUT2D eigenvalue weighted by Gasteiger charge is -2.27. The summed E-state index contributed by atoms with van der Waals surface area (Å²) in [6.45, 7) is 1.76. The molecule has 152 valence electrons. The number of methoxy groups -OCH3 is 1. The van der Waals surface area contributed by atoms with Gasteiger partial charge in [-0.1, -0.05) is 18.9 Å². The molecule has 0 spiro atoms. The number of primary amides is 1. The van der Waals surface area contributed by atoms with Crippen molar-refractivity contribution in [3.8, 4) is 11.5 Å². The fourth-order valence-corrected chi connectivity index (χ4v) is 3.13. The molecule has 0 aliphatic heterocycles. The zero-order chi connectivity index (χ0) is 20.6. The summed E-state index contributed by atoms with van der Waals surface area (Å²) in [7, 11) is 1.47. The number of esters is 1. The Morgan fingerprint density at radius 3 is 2.54 bits per heavy atom. The second-order valence-electron chi connectivity index (χ2n) is 6.50. The van der Waals surface area contributed by atoms with Gasteiger partial charge in [0.2, 0.25) is 5.91 Å². The molecule has 1 aromatic carbocycles. The van der Waals surface area contributed by atoms with E-state index in [1.54, 1.807) is 31.2 Å². The lowest BCUT2D eigenvalue weighted by Crippen LogP contribution is -2.52. The van der Waals surface area contributed by atoms with Crippen LogP contribution < -0.4 is 20.5 Å². The molecule has 0 unspecified atom stereocenters. The number of amides is 2. The van der Waals surface area contributed by atoms with Crippen molar-refractivity contribution < 1.29 is 28.6 Å². The third-order valence-electron chi connectivity index (χ3n) is 4.47. The van der Waals surface area contributed by atoms with E-state index < -0.39 is 11.4 Å². The maximum absolute atomic E-state index is 12.4. The molecule has 1 aliphatic rings. The quantitative estimate of drug-likeness (QED) is 0.488. The molecule has 8 heteroatoms. The van der Waals surface area contributed by atoms with E-state index >= 15 is 0 Å². The Balaban J connectivity index is 2.06. The largest absolute Gasteiger partial charge is 0.493 e.